The fourth-order valence-corrected chi connectivity index (χ4v) is 2.01. The second kappa shape index (κ2) is 5.18. The Labute approximate surface area is 114 Å². The summed E-state index contributed by atoms with van der Waals surface area (Å²) in [7, 11) is 0. The molecule has 2 N–H and O–H groups in total. The number of nitrogens with two attached hydrogens (primary N) is 1. The molecule has 0 bridgehead atoms. The fraction of sp³-hybridized carbons (Fsp3) is 0.615. The number of anilines is 1. The van der Waals surface area contributed by atoms with Crippen LogP contribution in [0.3, 0.4) is 0 Å². The van der Waals surface area contributed by atoms with Gasteiger partial charge in [0.2, 0.25) is 5.95 Å². The van der Waals surface area contributed by atoms with Crippen LogP contribution in [0.2, 0.25) is 0 Å². The standard InChI is InChI=1S/C13H20N4S/c1-8(2)17(7-10-4-5-10)13-15-9(3)6-11(16-13)12(14)18/h6,8,10H,4-5,7H2,1-3H3,(H2,14,18). The molecular formula is C13H20N4S. The number of nitrogens with zero attached hydrogens (tertiary/aromatic N) is 3. The van der Waals surface area contributed by atoms with Crippen LogP contribution in [-0.4, -0.2) is 27.5 Å². The molecule has 0 saturated heterocycles. The first-order valence-corrected chi connectivity index (χ1v) is 6.80. The summed E-state index contributed by atoms with van der Waals surface area (Å²) in [5, 5.41) is 0. The fourth-order valence-electron chi connectivity index (χ4n) is 1.91. The maximum atomic E-state index is 5.66. The Kier molecular flexibility index (Phi) is 3.80. The zero-order chi connectivity index (χ0) is 13.3. The minimum atomic E-state index is 0.330. The summed E-state index contributed by atoms with van der Waals surface area (Å²) in [6, 6.07) is 2.22. The number of hydrogen-bond donors (Lipinski definition) is 1. The molecule has 0 unspecified atom stereocenters. The van der Waals surface area contributed by atoms with Gasteiger partial charge in [0.15, 0.2) is 0 Å². The van der Waals surface area contributed by atoms with Gasteiger partial charge in [0.25, 0.3) is 0 Å². The van der Waals surface area contributed by atoms with E-state index in [1.807, 2.05) is 13.0 Å². The Morgan fingerprint density at radius 1 is 1.50 bits per heavy atom. The predicted molar refractivity (Wildman–Crippen MR) is 77.9 cm³/mol. The lowest BCUT2D eigenvalue weighted by atomic mass is 10.2. The molecule has 98 valence electrons. The third-order valence-corrected chi connectivity index (χ3v) is 3.34. The summed E-state index contributed by atoms with van der Waals surface area (Å²) < 4.78 is 0. The van der Waals surface area contributed by atoms with Crippen LogP contribution in [-0.2, 0) is 0 Å². The van der Waals surface area contributed by atoms with Crippen LogP contribution in [0, 0.1) is 12.8 Å². The van der Waals surface area contributed by atoms with Gasteiger partial charge in [0.05, 0.1) is 0 Å². The molecule has 1 aromatic heterocycles. The molecule has 1 aliphatic rings. The summed E-state index contributed by atoms with van der Waals surface area (Å²) in [5.41, 5.74) is 7.23. The van der Waals surface area contributed by atoms with Crippen LogP contribution in [0.1, 0.15) is 38.1 Å². The van der Waals surface area contributed by atoms with E-state index in [0.717, 1.165) is 24.1 Å². The SMILES string of the molecule is Cc1cc(C(N)=S)nc(N(CC2CC2)C(C)C)n1. The van der Waals surface area contributed by atoms with Crippen molar-refractivity contribution in [1.82, 2.24) is 9.97 Å². The maximum Gasteiger partial charge on any atom is 0.226 e. The molecule has 0 spiro atoms. The van der Waals surface area contributed by atoms with Crippen LogP contribution in [0.5, 0.6) is 0 Å². The third-order valence-electron chi connectivity index (χ3n) is 3.13. The van der Waals surface area contributed by atoms with Crippen LogP contribution in [0.25, 0.3) is 0 Å². The quantitative estimate of drug-likeness (QED) is 0.825. The highest BCUT2D eigenvalue weighted by Gasteiger charge is 2.27. The van der Waals surface area contributed by atoms with Crippen molar-refractivity contribution in [1.29, 1.82) is 0 Å². The molecule has 1 heterocycles. The molecule has 0 aromatic carbocycles. The van der Waals surface area contributed by atoms with Crippen molar-refractivity contribution in [2.75, 3.05) is 11.4 Å². The summed E-state index contributed by atoms with van der Waals surface area (Å²) >= 11 is 5.00. The zero-order valence-corrected chi connectivity index (χ0v) is 12.0. The van der Waals surface area contributed by atoms with Gasteiger partial charge in [-0.25, -0.2) is 9.97 Å². The Morgan fingerprint density at radius 3 is 2.67 bits per heavy atom. The molecule has 0 radical (unpaired) electrons. The molecule has 1 aliphatic carbocycles. The molecule has 4 nitrogen and oxygen atoms in total. The zero-order valence-electron chi connectivity index (χ0n) is 11.2. The highest BCUT2D eigenvalue weighted by atomic mass is 32.1. The molecule has 2 rings (SSSR count). The van der Waals surface area contributed by atoms with Gasteiger partial charge in [-0.05, 0) is 45.6 Å². The van der Waals surface area contributed by atoms with Crippen molar-refractivity contribution in [3.05, 3.63) is 17.5 Å². The van der Waals surface area contributed by atoms with E-state index in [-0.39, 0.29) is 0 Å². The Balaban J connectivity index is 2.30. The Bertz CT molecular complexity index is 454. The van der Waals surface area contributed by atoms with E-state index in [1.54, 1.807) is 0 Å². The van der Waals surface area contributed by atoms with Crippen molar-refractivity contribution in [3.8, 4) is 0 Å². The molecule has 0 aliphatic heterocycles. The second-order valence-electron chi connectivity index (χ2n) is 5.25. The van der Waals surface area contributed by atoms with Crippen LogP contribution in [0.4, 0.5) is 5.95 Å². The largest absolute Gasteiger partial charge is 0.388 e. The van der Waals surface area contributed by atoms with Gasteiger partial charge in [-0.1, -0.05) is 12.2 Å². The molecule has 1 fully saturated rings. The molecular weight excluding hydrogens is 244 g/mol. The summed E-state index contributed by atoms with van der Waals surface area (Å²) in [6.45, 7) is 7.30. The molecule has 0 amide bonds. The monoisotopic (exact) mass is 264 g/mol. The van der Waals surface area contributed by atoms with E-state index in [9.17, 15) is 0 Å². The van der Waals surface area contributed by atoms with E-state index < -0.39 is 0 Å². The number of thiocarbonyl (C=S) groups is 1. The van der Waals surface area contributed by atoms with Crippen LogP contribution in [0.15, 0.2) is 6.07 Å². The lowest BCUT2D eigenvalue weighted by Gasteiger charge is -2.27. The van der Waals surface area contributed by atoms with E-state index in [1.165, 1.54) is 12.8 Å². The minimum absolute atomic E-state index is 0.330. The number of hydrogen-bond acceptors (Lipinski definition) is 4. The van der Waals surface area contributed by atoms with Gasteiger partial charge in [-0.2, -0.15) is 0 Å². The highest BCUT2D eigenvalue weighted by molar-refractivity contribution is 7.80. The maximum absolute atomic E-state index is 5.66. The summed E-state index contributed by atoms with van der Waals surface area (Å²) in [5.74, 6) is 1.55. The van der Waals surface area contributed by atoms with Gasteiger partial charge >= 0.3 is 0 Å². The van der Waals surface area contributed by atoms with Gasteiger partial charge in [-0.15, -0.1) is 0 Å². The third kappa shape index (κ3) is 3.16. The number of rotatable bonds is 5. The Hall–Kier alpha value is -1.23. The average molecular weight is 264 g/mol. The lowest BCUT2D eigenvalue weighted by Crippen LogP contribution is -2.35. The van der Waals surface area contributed by atoms with E-state index in [0.29, 0.717) is 16.7 Å². The molecule has 5 heteroatoms. The number of aryl methyl sites for hydroxylation is 1. The first-order chi connectivity index (χ1) is 8.47. The second-order valence-corrected chi connectivity index (χ2v) is 5.69. The molecule has 0 atom stereocenters. The lowest BCUT2D eigenvalue weighted by molar-refractivity contribution is 0.626. The summed E-state index contributed by atoms with van der Waals surface area (Å²) in [4.78, 5) is 11.6. The van der Waals surface area contributed by atoms with E-state index in [2.05, 4.69) is 28.7 Å². The van der Waals surface area contributed by atoms with Crippen molar-refractivity contribution in [2.24, 2.45) is 11.7 Å². The normalized spacial score (nSPS) is 14.9. The average Bonchev–Trinajstić information content (AvgIpc) is 3.08. The van der Waals surface area contributed by atoms with Gasteiger partial charge < -0.3 is 10.6 Å². The van der Waals surface area contributed by atoms with Gasteiger partial charge in [0, 0.05) is 18.3 Å². The Morgan fingerprint density at radius 2 is 2.17 bits per heavy atom. The first-order valence-electron chi connectivity index (χ1n) is 6.39. The minimum Gasteiger partial charge on any atom is -0.388 e. The predicted octanol–water partition coefficient (Wildman–Crippen LogP) is 2.04. The van der Waals surface area contributed by atoms with Gasteiger partial charge in [-0.3, -0.25) is 0 Å². The molecule has 1 saturated carbocycles. The molecule has 1 aromatic rings. The van der Waals surface area contributed by atoms with E-state index in [4.69, 9.17) is 18.0 Å². The smallest absolute Gasteiger partial charge is 0.226 e. The topological polar surface area (TPSA) is 55.0 Å². The van der Waals surface area contributed by atoms with Gasteiger partial charge in [0.1, 0.15) is 10.7 Å². The highest BCUT2D eigenvalue weighted by Crippen LogP contribution is 2.31. The van der Waals surface area contributed by atoms with Crippen LogP contribution >= 0.6 is 12.2 Å². The van der Waals surface area contributed by atoms with Crippen molar-refractivity contribution >= 4 is 23.2 Å². The van der Waals surface area contributed by atoms with Crippen molar-refractivity contribution < 1.29 is 0 Å². The van der Waals surface area contributed by atoms with E-state index >= 15 is 0 Å². The van der Waals surface area contributed by atoms with Crippen molar-refractivity contribution in [3.63, 3.8) is 0 Å². The first kappa shape index (κ1) is 13.2. The molecule has 18 heavy (non-hydrogen) atoms. The number of aromatic nitrogens is 2. The van der Waals surface area contributed by atoms with Crippen LogP contribution < -0.4 is 10.6 Å². The summed E-state index contributed by atoms with van der Waals surface area (Å²) in [6.07, 6.45) is 2.63. The van der Waals surface area contributed by atoms with Crippen molar-refractivity contribution in [2.45, 2.75) is 39.7 Å².